The third-order valence-electron chi connectivity index (χ3n) is 4.26. The number of morpholine rings is 1. The van der Waals surface area contributed by atoms with Crippen LogP contribution in [0.15, 0.2) is 47.4 Å². The number of anilines is 1. The van der Waals surface area contributed by atoms with Gasteiger partial charge in [0.15, 0.2) is 0 Å². The molecule has 0 unspecified atom stereocenters. The van der Waals surface area contributed by atoms with Gasteiger partial charge in [-0.3, -0.25) is 0 Å². The van der Waals surface area contributed by atoms with E-state index in [-0.39, 0.29) is 11.4 Å². The van der Waals surface area contributed by atoms with E-state index in [4.69, 9.17) is 27.9 Å². The van der Waals surface area contributed by atoms with Crippen molar-refractivity contribution in [1.29, 1.82) is 0 Å². The molecule has 1 heterocycles. The van der Waals surface area contributed by atoms with E-state index >= 15 is 0 Å². The molecule has 8 heteroatoms. The monoisotopic (exact) mass is 414 g/mol. The van der Waals surface area contributed by atoms with Crippen LogP contribution in [0.1, 0.15) is 5.56 Å². The van der Waals surface area contributed by atoms with Crippen molar-refractivity contribution in [3.63, 3.8) is 0 Å². The first-order valence-corrected chi connectivity index (χ1v) is 10.4. The molecule has 0 amide bonds. The van der Waals surface area contributed by atoms with Gasteiger partial charge in [0.1, 0.15) is 0 Å². The third kappa shape index (κ3) is 4.50. The van der Waals surface area contributed by atoms with Crippen LogP contribution in [0, 0.1) is 0 Å². The minimum atomic E-state index is -3.68. The van der Waals surface area contributed by atoms with Crippen molar-refractivity contribution in [2.45, 2.75) is 11.4 Å². The van der Waals surface area contributed by atoms with E-state index in [1.165, 1.54) is 22.5 Å². The number of nitrogens with zero attached hydrogens (tertiary/aromatic N) is 2. The van der Waals surface area contributed by atoms with Gasteiger partial charge in [-0.05, 0) is 35.9 Å². The zero-order valence-corrected chi connectivity index (χ0v) is 16.7. The smallest absolute Gasteiger partial charge is 0.243 e. The normalized spacial score (nSPS) is 15.5. The summed E-state index contributed by atoms with van der Waals surface area (Å²) in [5.74, 6) is 0. The van der Waals surface area contributed by atoms with Gasteiger partial charge in [-0.15, -0.1) is 0 Å². The molecule has 5 nitrogen and oxygen atoms in total. The van der Waals surface area contributed by atoms with Crippen LogP contribution in [-0.4, -0.2) is 46.1 Å². The van der Waals surface area contributed by atoms with Crippen LogP contribution in [0.3, 0.4) is 0 Å². The molecule has 1 aliphatic rings. The maximum absolute atomic E-state index is 12.7. The maximum Gasteiger partial charge on any atom is 0.243 e. The Labute approximate surface area is 164 Å². The van der Waals surface area contributed by atoms with Gasteiger partial charge in [0.05, 0.1) is 18.1 Å². The Morgan fingerprint density at radius 2 is 1.62 bits per heavy atom. The Bertz CT molecular complexity index is 846. The summed E-state index contributed by atoms with van der Waals surface area (Å²) in [4.78, 5) is 2.34. The van der Waals surface area contributed by atoms with Crippen LogP contribution >= 0.6 is 23.2 Å². The largest absolute Gasteiger partial charge is 0.378 e. The molecule has 1 saturated heterocycles. The highest BCUT2D eigenvalue weighted by molar-refractivity contribution is 7.89. The summed E-state index contributed by atoms with van der Waals surface area (Å²) in [6.45, 7) is 3.44. The number of ether oxygens (including phenoxy) is 1. The van der Waals surface area contributed by atoms with E-state index in [2.05, 4.69) is 4.90 Å². The molecule has 0 saturated carbocycles. The van der Waals surface area contributed by atoms with E-state index in [9.17, 15) is 8.42 Å². The highest BCUT2D eigenvalue weighted by atomic mass is 35.5. The number of benzene rings is 2. The Kier molecular flexibility index (Phi) is 6.10. The number of sulfonamides is 1. The van der Waals surface area contributed by atoms with Gasteiger partial charge < -0.3 is 9.64 Å². The number of rotatable bonds is 5. The SMILES string of the molecule is CN(Cc1ccc(N2CCOCC2)cc1)S(=O)(=O)c1cc(Cl)cc(Cl)c1. The van der Waals surface area contributed by atoms with E-state index in [0.717, 1.165) is 37.6 Å². The molecule has 26 heavy (non-hydrogen) atoms. The topological polar surface area (TPSA) is 49.9 Å². The molecule has 0 bridgehead atoms. The second kappa shape index (κ2) is 8.15. The van der Waals surface area contributed by atoms with E-state index < -0.39 is 10.0 Å². The summed E-state index contributed by atoms with van der Waals surface area (Å²) in [7, 11) is -2.13. The van der Waals surface area contributed by atoms with E-state index in [1.807, 2.05) is 24.3 Å². The van der Waals surface area contributed by atoms with Crippen molar-refractivity contribution in [2.75, 3.05) is 38.3 Å². The molecule has 1 fully saturated rings. The van der Waals surface area contributed by atoms with Crippen LogP contribution in [0.2, 0.25) is 10.0 Å². The number of halogens is 2. The van der Waals surface area contributed by atoms with Crippen molar-refractivity contribution >= 4 is 38.9 Å². The molecular formula is C18H20Cl2N2O3S. The molecule has 0 N–H and O–H groups in total. The Morgan fingerprint density at radius 1 is 1.04 bits per heavy atom. The quantitative estimate of drug-likeness (QED) is 0.748. The first kappa shape index (κ1) is 19.5. The van der Waals surface area contributed by atoms with Crippen LogP contribution in [0.25, 0.3) is 0 Å². The van der Waals surface area contributed by atoms with Crippen molar-refractivity contribution in [1.82, 2.24) is 4.31 Å². The van der Waals surface area contributed by atoms with Crippen LogP contribution < -0.4 is 4.90 Å². The first-order chi connectivity index (χ1) is 12.4. The predicted molar refractivity (Wildman–Crippen MR) is 105 cm³/mol. The molecule has 0 atom stereocenters. The fourth-order valence-corrected chi connectivity index (χ4v) is 4.72. The molecule has 2 aromatic carbocycles. The Balaban J connectivity index is 1.73. The van der Waals surface area contributed by atoms with Crippen LogP contribution in [0.5, 0.6) is 0 Å². The molecule has 2 aromatic rings. The molecule has 0 aliphatic carbocycles. The highest BCUT2D eigenvalue weighted by Crippen LogP contribution is 2.25. The maximum atomic E-state index is 12.7. The zero-order chi connectivity index (χ0) is 18.7. The highest BCUT2D eigenvalue weighted by Gasteiger charge is 2.22. The first-order valence-electron chi connectivity index (χ1n) is 8.20. The lowest BCUT2D eigenvalue weighted by Gasteiger charge is -2.29. The van der Waals surface area contributed by atoms with Gasteiger partial charge in [0.25, 0.3) is 0 Å². The van der Waals surface area contributed by atoms with Gasteiger partial charge in [-0.1, -0.05) is 35.3 Å². The average Bonchev–Trinajstić information content (AvgIpc) is 2.62. The molecule has 1 aliphatic heterocycles. The minimum absolute atomic E-state index is 0.0856. The lowest BCUT2D eigenvalue weighted by Crippen LogP contribution is -2.36. The second-order valence-electron chi connectivity index (χ2n) is 6.13. The van der Waals surface area contributed by atoms with Gasteiger partial charge >= 0.3 is 0 Å². The average molecular weight is 415 g/mol. The van der Waals surface area contributed by atoms with E-state index in [0.29, 0.717) is 10.0 Å². The molecule has 0 spiro atoms. The minimum Gasteiger partial charge on any atom is -0.378 e. The van der Waals surface area contributed by atoms with Crippen molar-refractivity contribution in [3.05, 3.63) is 58.1 Å². The Hall–Kier alpha value is -1.31. The second-order valence-corrected chi connectivity index (χ2v) is 9.05. The summed E-state index contributed by atoms with van der Waals surface area (Å²) in [6, 6.07) is 12.2. The summed E-state index contributed by atoms with van der Waals surface area (Å²) in [5.41, 5.74) is 2.02. The van der Waals surface area contributed by atoms with Crippen molar-refractivity contribution in [2.24, 2.45) is 0 Å². The fraction of sp³-hybridized carbons (Fsp3) is 0.333. The lowest BCUT2D eigenvalue weighted by atomic mass is 10.2. The van der Waals surface area contributed by atoms with Crippen molar-refractivity contribution in [3.8, 4) is 0 Å². The van der Waals surface area contributed by atoms with Gasteiger partial charge in [0, 0.05) is 42.4 Å². The third-order valence-corrected chi connectivity index (χ3v) is 6.48. The Morgan fingerprint density at radius 3 is 2.19 bits per heavy atom. The van der Waals surface area contributed by atoms with Crippen LogP contribution in [-0.2, 0) is 21.3 Å². The molecular weight excluding hydrogens is 395 g/mol. The predicted octanol–water partition coefficient (Wildman–Crippen LogP) is 3.65. The standard InChI is InChI=1S/C18H20Cl2N2O3S/c1-21(26(23,24)18-11-15(19)10-16(20)12-18)13-14-2-4-17(5-3-14)22-6-8-25-9-7-22/h2-5,10-12H,6-9,13H2,1H3. The summed E-state index contributed by atoms with van der Waals surface area (Å²) in [5, 5.41) is 0.582. The molecule has 140 valence electrons. The molecule has 3 rings (SSSR count). The summed E-state index contributed by atoms with van der Waals surface area (Å²) in [6.07, 6.45) is 0. The fourth-order valence-electron chi connectivity index (χ4n) is 2.83. The van der Waals surface area contributed by atoms with Crippen LogP contribution in [0.4, 0.5) is 5.69 Å². The van der Waals surface area contributed by atoms with Gasteiger partial charge in [-0.2, -0.15) is 4.31 Å². The molecule has 0 aromatic heterocycles. The lowest BCUT2D eigenvalue weighted by molar-refractivity contribution is 0.122. The zero-order valence-electron chi connectivity index (χ0n) is 14.4. The molecule has 0 radical (unpaired) electrons. The summed E-state index contributed by atoms with van der Waals surface area (Å²) >= 11 is 11.9. The number of hydrogen-bond acceptors (Lipinski definition) is 4. The van der Waals surface area contributed by atoms with Gasteiger partial charge in [0.2, 0.25) is 10.0 Å². The van der Waals surface area contributed by atoms with E-state index in [1.54, 1.807) is 7.05 Å². The van der Waals surface area contributed by atoms with Gasteiger partial charge in [-0.25, -0.2) is 8.42 Å². The van der Waals surface area contributed by atoms with Crippen molar-refractivity contribution < 1.29 is 13.2 Å². The number of hydrogen-bond donors (Lipinski definition) is 0. The summed E-state index contributed by atoms with van der Waals surface area (Å²) < 4.78 is 32.1.